The summed E-state index contributed by atoms with van der Waals surface area (Å²) in [5, 5.41) is 4.39. The molecule has 0 saturated heterocycles. The first-order valence-electron chi connectivity index (χ1n) is 6.67. The number of benzene rings is 1. The smallest absolute Gasteiger partial charge is 0.347 e. The third kappa shape index (κ3) is 5.93. The number of rotatable bonds is 6. The molecule has 122 valence electrons. The summed E-state index contributed by atoms with van der Waals surface area (Å²) in [5.41, 5.74) is -1.43. The van der Waals surface area contributed by atoms with Gasteiger partial charge in [0, 0.05) is 11.4 Å². The Kier molecular flexibility index (Phi) is 6.67. The number of nitrogens with one attached hydrogen (secondary N) is 2. The van der Waals surface area contributed by atoms with Crippen LogP contribution in [0.5, 0.6) is 0 Å². The van der Waals surface area contributed by atoms with Gasteiger partial charge in [-0.1, -0.05) is 24.9 Å². The number of hydrogen-bond donors (Lipinski definition) is 2. The number of alkyl halides is 3. The van der Waals surface area contributed by atoms with Crippen LogP contribution in [0, 0.1) is 0 Å². The highest BCUT2D eigenvalue weighted by Gasteiger charge is 2.34. The predicted molar refractivity (Wildman–Crippen MR) is 77.6 cm³/mol. The van der Waals surface area contributed by atoms with E-state index in [0.717, 1.165) is 18.6 Å². The van der Waals surface area contributed by atoms with Gasteiger partial charge in [0.1, 0.15) is 0 Å². The average Bonchev–Trinajstić information content (AvgIpc) is 2.43. The molecule has 0 saturated carbocycles. The highest BCUT2D eigenvalue weighted by atomic mass is 35.5. The van der Waals surface area contributed by atoms with Crippen LogP contribution in [0.4, 0.5) is 18.9 Å². The molecule has 8 heteroatoms. The summed E-state index contributed by atoms with van der Waals surface area (Å²) in [4.78, 5) is 23.0. The monoisotopic (exact) mass is 336 g/mol. The van der Waals surface area contributed by atoms with Gasteiger partial charge in [0.15, 0.2) is 0 Å². The summed E-state index contributed by atoms with van der Waals surface area (Å²) in [7, 11) is 0. The topological polar surface area (TPSA) is 58.2 Å². The van der Waals surface area contributed by atoms with Gasteiger partial charge in [-0.2, -0.15) is 13.2 Å². The largest absolute Gasteiger partial charge is 0.418 e. The van der Waals surface area contributed by atoms with E-state index in [4.69, 9.17) is 11.6 Å². The Morgan fingerprint density at radius 3 is 2.50 bits per heavy atom. The quantitative estimate of drug-likeness (QED) is 0.833. The van der Waals surface area contributed by atoms with E-state index in [0.29, 0.717) is 6.42 Å². The molecule has 0 spiro atoms. The van der Waals surface area contributed by atoms with Crippen molar-refractivity contribution >= 4 is 29.1 Å². The van der Waals surface area contributed by atoms with E-state index < -0.39 is 23.3 Å². The summed E-state index contributed by atoms with van der Waals surface area (Å²) in [6.07, 6.45) is -2.85. The molecule has 1 aromatic carbocycles. The molecule has 22 heavy (non-hydrogen) atoms. The lowest BCUT2D eigenvalue weighted by atomic mass is 10.1. The molecular weight excluding hydrogens is 321 g/mol. The molecule has 0 aliphatic rings. The van der Waals surface area contributed by atoms with E-state index in [2.05, 4.69) is 10.6 Å². The Hall–Kier alpha value is -1.76. The molecule has 2 N–H and O–H groups in total. The number of carbonyl (C=O) groups excluding carboxylic acids is 2. The highest BCUT2D eigenvalue weighted by molar-refractivity contribution is 6.30. The minimum atomic E-state index is -4.64. The van der Waals surface area contributed by atoms with Gasteiger partial charge in [0.25, 0.3) is 0 Å². The van der Waals surface area contributed by atoms with Crippen molar-refractivity contribution in [2.24, 2.45) is 0 Å². The standard InChI is InChI=1S/C14H16ClF3N2O2/c1-2-3-4-12(21)19-8-13(22)20-11-6-5-9(15)7-10(11)14(16,17)18/h5-7H,2-4,8H2,1H3,(H,19,21)(H,20,22). The Morgan fingerprint density at radius 1 is 1.23 bits per heavy atom. The van der Waals surface area contributed by atoms with Gasteiger partial charge < -0.3 is 10.6 Å². The fraction of sp³-hybridized carbons (Fsp3) is 0.429. The lowest BCUT2D eigenvalue weighted by Crippen LogP contribution is -2.33. The van der Waals surface area contributed by atoms with Crippen LogP contribution < -0.4 is 10.6 Å². The molecule has 1 aromatic rings. The van der Waals surface area contributed by atoms with Crippen LogP contribution in [-0.4, -0.2) is 18.4 Å². The molecule has 0 radical (unpaired) electrons. The van der Waals surface area contributed by atoms with Crippen LogP contribution in [0.1, 0.15) is 31.7 Å². The van der Waals surface area contributed by atoms with Crippen molar-refractivity contribution in [1.82, 2.24) is 5.32 Å². The fourth-order valence-electron chi connectivity index (χ4n) is 1.66. The number of halogens is 4. The van der Waals surface area contributed by atoms with Gasteiger partial charge >= 0.3 is 6.18 Å². The lowest BCUT2D eigenvalue weighted by Gasteiger charge is -2.14. The first kappa shape index (κ1) is 18.3. The van der Waals surface area contributed by atoms with E-state index in [9.17, 15) is 22.8 Å². The molecule has 0 heterocycles. The van der Waals surface area contributed by atoms with Crippen molar-refractivity contribution < 1.29 is 22.8 Å². The molecule has 2 amide bonds. The van der Waals surface area contributed by atoms with Gasteiger partial charge in [0.05, 0.1) is 17.8 Å². The molecule has 0 aliphatic carbocycles. The SMILES string of the molecule is CCCCC(=O)NCC(=O)Nc1ccc(Cl)cc1C(F)(F)F. The van der Waals surface area contributed by atoms with E-state index in [1.54, 1.807) is 0 Å². The number of anilines is 1. The summed E-state index contributed by atoms with van der Waals surface area (Å²) >= 11 is 5.54. The van der Waals surface area contributed by atoms with Gasteiger partial charge in [-0.15, -0.1) is 0 Å². The van der Waals surface area contributed by atoms with Crippen molar-refractivity contribution in [3.8, 4) is 0 Å². The van der Waals surface area contributed by atoms with Gasteiger partial charge in [-0.3, -0.25) is 9.59 Å². The second-order valence-electron chi connectivity index (χ2n) is 4.62. The zero-order valence-electron chi connectivity index (χ0n) is 11.9. The maximum absolute atomic E-state index is 12.9. The molecule has 0 fully saturated rings. The minimum Gasteiger partial charge on any atom is -0.347 e. The number of amides is 2. The normalized spacial score (nSPS) is 11.1. The van der Waals surface area contributed by atoms with Crippen LogP contribution in [0.2, 0.25) is 5.02 Å². The van der Waals surface area contributed by atoms with Crippen LogP contribution in [0.3, 0.4) is 0 Å². The molecule has 0 unspecified atom stereocenters. The molecular formula is C14H16ClF3N2O2. The average molecular weight is 337 g/mol. The van der Waals surface area contributed by atoms with E-state index >= 15 is 0 Å². The van der Waals surface area contributed by atoms with Crippen molar-refractivity contribution in [1.29, 1.82) is 0 Å². The summed E-state index contributed by atoms with van der Waals surface area (Å²) in [5.74, 6) is -1.05. The first-order chi connectivity index (χ1) is 10.2. The molecule has 0 atom stereocenters. The minimum absolute atomic E-state index is 0.0850. The first-order valence-corrected chi connectivity index (χ1v) is 7.05. The van der Waals surface area contributed by atoms with E-state index in [-0.39, 0.29) is 23.9 Å². The van der Waals surface area contributed by atoms with Gasteiger partial charge in [-0.25, -0.2) is 0 Å². The van der Waals surface area contributed by atoms with E-state index in [1.165, 1.54) is 6.07 Å². The highest BCUT2D eigenvalue weighted by Crippen LogP contribution is 2.36. The maximum Gasteiger partial charge on any atom is 0.418 e. The third-order valence-corrected chi connectivity index (χ3v) is 3.00. The summed E-state index contributed by atoms with van der Waals surface area (Å²) in [6.45, 7) is 1.53. The van der Waals surface area contributed by atoms with Crippen molar-refractivity contribution in [2.45, 2.75) is 32.4 Å². The second kappa shape index (κ2) is 8.03. The summed E-state index contributed by atoms with van der Waals surface area (Å²) in [6, 6.07) is 3.05. The Bertz CT molecular complexity index is 547. The number of unbranched alkanes of at least 4 members (excludes halogenated alkanes) is 1. The second-order valence-corrected chi connectivity index (χ2v) is 5.05. The third-order valence-electron chi connectivity index (χ3n) is 2.76. The number of carbonyl (C=O) groups is 2. The van der Waals surface area contributed by atoms with Crippen molar-refractivity contribution in [3.05, 3.63) is 28.8 Å². The van der Waals surface area contributed by atoms with Crippen molar-refractivity contribution in [2.75, 3.05) is 11.9 Å². The van der Waals surface area contributed by atoms with Gasteiger partial charge in [0.2, 0.25) is 11.8 Å². The Balaban J connectivity index is 2.67. The molecule has 0 aromatic heterocycles. The van der Waals surface area contributed by atoms with Crippen LogP contribution in [-0.2, 0) is 15.8 Å². The zero-order valence-corrected chi connectivity index (χ0v) is 12.6. The Labute approximate surface area is 131 Å². The molecule has 1 rings (SSSR count). The van der Waals surface area contributed by atoms with Crippen LogP contribution >= 0.6 is 11.6 Å². The molecule has 4 nitrogen and oxygen atoms in total. The Morgan fingerprint density at radius 2 is 1.91 bits per heavy atom. The lowest BCUT2D eigenvalue weighted by molar-refractivity contribution is -0.137. The molecule has 0 bridgehead atoms. The van der Waals surface area contributed by atoms with Crippen molar-refractivity contribution in [3.63, 3.8) is 0 Å². The summed E-state index contributed by atoms with van der Waals surface area (Å²) < 4.78 is 38.6. The predicted octanol–water partition coefficient (Wildman–Crippen LogP) is 3.60. The van der Waals surface area contributed by atoms with E-state index in [1.807, 2.05) is 6.92 Å². The van der Waals surface area contributed by atoms with Crippen LogP contribution in [0.15, 0.2) is 18.2 Å². The number of hydrogen-bond acceptors (Lipinski definition) is 2. The zero-order chi connectivity index (χ0) is 16.8. The van der Waals surface area contributed by atoms with Gasteiger partial charge in [-0.05, 0) is 24.6 Å². The maximum atomic E-state index is 12.9. The van der Waals surface area contributed by atoms with Crippen LogP contribution in [0.25, 0.3) is 0 Å². The fourth-order valence-corrected chi connectivity index (χ4v) is 1.83. The molecule has 0 aliphatic heterocycles.